The molecule has 0 aliphatic rings. The zero-order chi connectivity index (χ0) is 8.97. The Bertz CT molecular complexity index is 284. The standard InChI is InChI=1S/C9H11NO2/c1-2-12-9-5-7(6-10)3-4-8(9)11/h3-6,10-11H,2H2,1H3. The van der Waals surface area contributed by atoms with Crippen LogP contribution in [0.1, 0.15) is 12.5 Å². The number of phenols is 1. The highest BCUT2D eigenvalue weighted by Gasteiger charge is 2.00. The normalized spacial score (nSPS) is 9.42. The molecule has 0 fully saturated rings. The van der Waals surface area contributed by atoms with Gasteiger partial charge in [0.15, 0.2) is 11.5 Å². The van der Waals surface area contributed by atoms with E-state index in [1.54, 1.807) is 12.1 Å². The van der Waals surface area contributed by atoms with Crippen molar-refractivity contribution >= 4 is 6.21 Å². The molecule has 0 unspecified atom stereocenters. The van der Waals surface area contributed by atoms with Gasteiger partial charge >= 0.3 is 0 Å². The lowest BCUT2D eigenvalue weighted by molar-refractivity contribution is 0.318. The first kappa shape index (κ1) is 8.59. The molecule has 0 aromatic heterocycles. The summed E-state index contributed by atoms with van der Waals surface area (Å²) >= 11 is 0. The Morgan fingerprint density at radius 3 is 2.92 bits per heavy atom. The van der Waals surface area contributed by atoms with Crippen LogP contribution in [-0.4, -0.2) is 17.9 Å². The Kier molecular flexibility index (Phi) is 2.69. The molecule has 2 N–H and O–H groups in total. The van der Waals surface area contributed by atoms with Gasteiger partial charge < -0.3 is 15.3 Å². The van der Waals surface area contributed by atoms with Crippen molar-refractivity contribution in [2.75, 3.05) is 6.61 Å². The smallest absolute Gasteiger partial charge is 0.161 e. The van der Waals surface area contributed by atoms with E-state index >= 15 is 0 Å². The number of phenolic OH excluding ortho intramolecular Hbond substituents is 1. The van der Waals surface area contributed by atoms with Crippen LogP contribution in [0.4, 0.5) is 0 Å². The van der Waals surface area contributed by atoms with Gasteiger partial charge in [-0.2, -0.15) is 0 Å². The summed E-state index contributed by atoms with van der Waals surface area (Å²) in [5, 5.41) is 16.2. The SMILES string of the molecule is CCOc1cc(C=N)ccc1O. The van der Waals surface area contributed by atoms with E-state index in [1.807, 2.05) is 6.92 Å². The molecular formula is C9H11NO2. The second kappa shape index (κ2) is 3.76. The maximum absolute atomic E-state index is 9.26. The largest absolute Gasteiger partial charge is 0.504 e. The third-order valence-corrected chi connectivity index (χ3v) is 1.45. The Hall–Kier alpha value is -1.51. The highest BCUT2D eigenvalue weighted by molar-refractivity contribution is 5.78. The van der Waals surface area contributed by atoms with E-state index in [4.69, 9.17) is 10.1 Å². The lowest BCUT2D eigenvalue weighted by Crippen LogP contribution is -1.92. The summed E-state index contributed by atoms with van der Waals surface area (Å²) in [5.74, 6) is 0.543. The fourth-order valence-electron chi connectivity index (χ4n) is 0.892. The zero-order valence-electron chi connectivity index (χ0n) is 6.87. The van der Waals surface area contributed by atoms with Crippen LogP contribution in [0.15, 0.2) is 18.2 Å². The van der Waals surface area contributed by atoms with Crippen molar-refractivity contribution in [2.45, 2.75) is 6.92 Å². The van der Waals surface area contributed by atoms with Gasteiger partial charge in [-0.05, 0) is 30.7 Å². The van der Waals surface area contributed by atoms with Crippen molar-refractivity contribution in [3.63, 3.8) is 0 Å². The third-order valence-electron chi connectivity index (χ3n) is 1.45. The Morgan fingerprint density at radius 2 is 2.33 bits per heavy atom. The van der Waals surface area contributed by atoms with Gasteiger partial charge in [0.1, 0.15) is 0 Å². The molecule has 0 radical (unpaired) electrons. The van der Waals surface area contributed by atoms with E-state index in [2.05, 4.69) is 0 Å². The number of benzene rings is 1. The minimum Gasteiger partial charge on any atom is -0.504 e. The van der Waals surface area contributed by atoms with Crippen LogP contribution in [0.25, 0.3) is 0 Å². The van der Waals surface area contributed by atoms with Gasteiger partial charge in [0.2, 0.25) is 0 Å². The molecule has 12 heavy (non-hydrogen) atoms. The topological polar surface area (TPSA) is 53.3 Å². The van der Waals surface area contributed by atoms with Crippen LogP contribution in [0.5, 0.6) is 11.5 Å². The molecule has 0 amide bonds. The number of nitrogens with one attached hydrogen (secondary N) is 1. The molecule has 1 rings (SSSR count). The van der Waals surface area contributed by atoms with Gasteiger partial charge in [-0.1, -0.05) is 0 Å². The second-order valence-corrected chi connectivity index (χ2v) is 2.30. The van der Waals surface area contributed by atoms with Crippen LogP contribution in [0.2, 0.25) is 0 Å². The quantitative estimate of drug-likeness (QED) is 0.671. The first-order valence-corrected chi connectivity index (χ1v) is 3.74. The fourth-order valence-corrected chi connectivity index (χ4v) is 0.892. The summed E-state index contributed by atoms with van der Waals surface area (Å²) in [7, 11) is 0. The highest BCUT2D eigenvalue weighted by atomic mass is 16.5. The maximum Gasteiger partial charge on any atom is 0.161 e. The zero-order valence-corrected chi connectivity index (χ0v) is 6.87. The summed E-state index contributed by atoms with van der Waals surface area (Å²) in [6.45, 7) is 2.35. The Morgan fingerprint density at radius 1 is 1.58 bits per heavy atom. The number of ether oxygens (including phenoxy) is 1. The molecule has 64 valence electrons. The van der Waals surface area contributed by atoms with Crippen LogP contribution >= 0.6 is 0 Å². The molecule has 0 heterocycles. The van der Waals surface area contributed by atoms with Crippen molar-refractivity contribution in [1.29, 1.82) is 5.41 Å². The molecule has 3 heteroatoms. The van der Waals surface area contributed by atoms with Crippen LogP contribution in [0, 0.1) is 5.41 Å². The minimum atomic E-state index is 0.113. The molecule has 0 aliphatic carbocycles. The molecule has 0 bridgehead atoms. The van der Waals surface area contributed by atoms with Crippen molar-refractivity contribution in [3.05, 3.63) is 23.8 Å². The molecule has 1 aromatic carbocycles. The van der Waals surface area contributed by atoms with Gasteiger partial charge in [0, 0.05) is 6.21 Å². The molecule has 0 aliphatic heterocycles. The minimum absolute atomic E-state index is 0.113. The first-order valence-electron chi connectivity index (χ1n) is 3.74. The Balaban J connectivity index is 2.99. The van der Waals surface area contributed by atoms with Crippen LogP contribution in [0.3, 0.4) is 0 Å². The van der Waals surface area contributed by atoms with Gasteiger partial charge in [-0.3, -0.25) is 0 Å². The van der Waals surface area contributed by atoms with Gasteiger partial charge in [-0.25, -0.2) is 0 Å². The first-order chi connectivity index (χ1) is 5.77. The third kappa shape index (κ3) is 1.75. The number of hydrogen-bond donors (Lipinski definition) is 2. The van der Waals surface area contributed by atoms with Gasteiger partial charge in [-0.15, -0.1) is 0 Å². The lowest BCUT2D eigenvalue weighted by atomic mass is 10.2. The predicted octanol–water partition coefficient (Wildman–Crippen LogP) is 1.79. The molecule has 3 nitrogen and oxygen atoms in total. The van der Waals surface area contributed by atoms with Crippen molar-refractivity contribution in [1.82, 2.24) is 0 Å². The summed E-state index contributed by atoms with van der Waals surface area (Å²) in [6, 6.07) is 4.81. The monoisotopic (exact) mass is 165 g/mol. The van der Waals surface area contributed by atoms with Crippen molar-refractivity contribution < 1.29 is 9.84 Å². The van der Waals surface area contributed by atoms with E-state index in [0.717, 1.165) is 5.56 Å². The summed E-state index contributed by atoms with van der Waals surface area (Å²) < 4.78 is 5.13. The van der Waals surface area contributed by atoms with Crippen molar-refractivity contribution in [3.8, 4) is 11.5 Å². The predicted molar refractivity (Wildman–Crippen MR) is 47.2 cm³/mol. The van der Waals surface area contributed by atoms with E-state index in [1.165, 1.54) is 12.3 Å². The molecule has 1 aromatic rings. The summed E-state index contributed by atoms with van der Waals surface area (Å²) in [4.78, 5) is 0. The molecule has 0 saturated heterocycles. The molecule has 0 atom stereocenters. The second-order valence-electron chi connectivity index (χ2n) is 2.30. The van der Waals surface area contributed by atoms with E-state index in [0.29, 0.717) is 12.4 Å². The molecule has 0 saturated carbocycles. The van der Waals surface area contributed by atoms with Gasteiger partial charge in [0.25, 0.3) is 0 Å². The van der Waals surface area contributed by atoms with Crippen LogP contribution in [-0.2, 0) is 0 Å². The fraction of sp³-hybridized carbons (Fsp3) is 0.222. The molecular weight excluding hydrogens is 154 g/mol. The number of hydrogen-bond acceptors (Lipinski definition) is 3. The lowest BCUT2D eigenvalue weighted by Gasteiger charge is -2.05. The average Bonchev–Trinajstić information content (AvgIpc) is 2.09. The maximum atomic E-state index is 9.26. The average molecular weight is 165 g/mol. The summed E-state index contributed by atoms with van der Waals surface area (Å²) in [6.07, 6.45) is 1.21. The Labute approximate surface area is 71.1 Å². The van der Waals surface area contributed by atoms with E-state index in [9.17, 15) is 5.11 Å². The molecule has 0 spiro atoms. The van der Waals surface area contributed by atoms with E-state index in [-0.39, 0.29) is 5.75 Å². The van der Waals surface area contributed by atoms with Crippen LogP contribution < -0.4 is 4.74 Å². The highest BCUT2D eigenvalue weighted by Crippen LogP contribution is 2.25. The van der Waals surface area contributed by atoms with Gasteiger partial charge in [0.05, 0.1) is 6.61 Å². The van der Waals surface area contributed by atoms with E-state index < -0.39 is 0 Å². The summed E-state index contributed by atoms with van der Waals surface area (Å²) in [5.41, 5.74) is 0.719. The van der Waals surface area contributed by atoms with Crippen molar-refractivity contribution in [2.24, 2.45) is 0 Å². The number of rotatable bonds is 3. The number of aromatic hydroxyl groups is 1.